The fourth-order valence-corrected chi connectivity index (χ4v) is 2.22. The molecule has 1 saturated carbocycles. The number of carboxylic acid groups (broad SMARTS) is 1. The van der Waals surface area contributed by atoms with E-state index in [0.29, 0.717) is 6.42 Å². The van der Waals surface area contributed by atoms with Gasteiger partial charge in [-0.05, 0) is 25.5 Å². The summed E-state index contributed by atoms with van der Waals surface area (Å²) in [6.45, 7) is 1.95. The van der Waals surface area contributed by atoms with Crippen molar-refractivity contribution in [2.45, 2.75) is 19.3 Å². The van der Waals surface area contributed by atoms with E-state index in [2.05, 4.69) is 15.0 Å². The van der Waals surface area contributed by atoms with E-state index in [1.54, 1.807) is 12.4 Å². The minimum atomic E-state index is -0.737. The second kappa shape index (κ2) is 3.94. The van der Waals surface area contributed by atoms with Crippen LogP contribution in [0.1, 0.15) is 23.9 Å². The summed E-state index contributed by atoms with van der Waals surface area (Å²) in [6, 6.07) is 3.79. The fourth-order valence-electron chi connectivity index (χ4n) is 2.22. The molecule has 92 valence electrons. The molecule has 1 fully saturated rings. The van der Waals surface area contributed by atoms with Gasteiger partial charge in [-0.1, -0.05) is 0 Å². The largest absolute Gasteiger partial charge is 0.481 e. The summed E-state index contributed by atoms with van der Waals surface area (Å²) in [5.74, 6) is -0.191. The molecule has 0 radical (unpaired) electrons. The van der Waals surface area contributed by atoms with Gasteiger partial charge in [0.2, 0.25) is 0 Å². The van der Waals surface area contributed by atoms with Crippen LogP contribution in [0.3, 0.4) is 0 Å². The van der Waals surface area contributed by atoms with E-state index in [1.807, 2.05) is 19.1 Å². The number of imidazole rings is 1. The Labute approximate surface area is 104 Å². The van der Waals surface area contributed by atoms with Crippen LogP contribution < -0.4 is 0 Å². The summed E-state index contributed by atoms with van der Waals surface area (Å²) >= 11 is 0. The summed E-state index contributed by atoms with van der Waals surface area (Å²) in [4.78, 5) is 22.6. The van der Waals surface area contributed by atoms with Crippen LogP contribution in [-0.4, -0.2) is 26.0 Å². The Morgan fingerprint density at radius 2 is 2.17 bits per heavy atom. The molecule has 0 bridgehead atoms. The van der Waals surface area contributed by atoms with Crippen LogP contribution in [0.25, 0.3) is 11.3 Å². The zero-order valence-electron chi connectivity index (χ0n) is 9.92. The average molecular weight is 243 g/mol. The first-order valence-electron chi connectivity index (χ1n) is 5.86. The van der Waals surface area contributed by atoms with Crippen molar-refractivity contribution in [3.63, 3.8) is 0 Å². The van der Waals surface area contributed by atoms with Gasteiger partial charge in [0.25, 0.3) is 0 Å². The number of hydrogen-bond donors (Lipinski definition) is 2. The molecule has 0 saturated heterocycles. The molecule has 18 heavy (non-hydrogen) atoms. The van der Waals surface area contributed by atoms with Crippen LogP contribution in [0.5, 0.6) is 0 Å². The van der Waals surface area contributed by atoms with Crippen molar-refractivity contribution >= 4 is 5.97 Å². The lowest BCUT2D eigenvalue weighted by Crippen LogP contribution is -1.99. The van der Waals surface area contributed by atoms with Crippen LogP contribution in [0.15, 0.2) is 24.5 Å². The quantitative estimate of drug-likeness (QED) is 0.863. The van der Waals surface area contributed by atoms with Crippen LogP contribution >= 0.6 is 0 Å². The van der Waals surface area contributed by atoms with Crippen molar-refractivity contribution in [2.75, 3.05) is 0 Å². The van der Waals surface area contributed by atoms with E-state index in [9.17, 15) is 4.79 Å². The lowest BCUT2D eigenvalue weighted by molar-refractivity contribution is -0.138. The van der Waals surface area contributed by atoms with Crippen LogP contribution in [0.4, 0.5) is 0 Å². The minimum absolute atomic E-state index is 0.0387. The van der Waals surface area contributed by atoms with Crippen molar-refractivity contribution in [1.29, 1.82) is 0 Å². The zero-order valence-corrected chi connectivity index (χ0v) is 9.92. The van der Waals surface area contributed by atoms with E-state index in [-0.39, 0.29) is 11.8 Å². The van der Waals surface area contributed by atoms with Gasteiger partial charge in [-0.3, -0.25) is 9.78 Å². The number of rotatable bonds is 3. The molecule has 2 N–H and O–H groups in total. The molecule has 5 nitrogen and oxygen atoms in total. The monoisotopic (exact) mass is 243 g/mol. The highest BCUT2D eigenvalue weighted by Gasteiger charge is 2.46. The van der Waals surface area contributed by atoms with Gasteiger partial charge >= 0.3 is 5.97 Å². The number of nitrogens with one attached hydrogen (secondary N) is 1. The summed E-state index contributed by atoms with van der Waals surface area (Å²) in [7, 11) is 0. The molecule has 3 rings (SSSR count). The number of aromatic amines is 1. The third-order valence-corrected chi connectivity index (χ3v) is 3.32. The van der Waals surface area contributed by atoms with Crippen molar-refractivity contribution in [3.8, 4) is 11.3 Å². The van der Waals surface area contributed by atoms with Crippen molar-refractivity contribution in [3.05, 3.63) is 36.0 Å². The van der Waals surface area contributed by atoms with Gasteiger partial charge in [0, 0.05) is 29.6 Å². The van der Waals surface area contributed by atoms with E-state index in [0.717, 1.165) is 22.8 Å². The first-order valence-corrected chi connectivity index (χ1v) is 5.86. The summed E-state index contributed by atoms with van der Waals surface area (Å²) in [5, 5.41) is 8.93. The molecular weight excluding hydrogens is 230 g/mol. The highest BCUT2D eigenvalue weighted by molar-refractivity contribution is 5.75. The number of carbonyl (C=O) groups is 1. The molecule has 1 aliphatic rings. The minimum Gasteiger partial charge on any atom is -0.481 e. The maximum atomic E-state index is 10.9. The number of aryl methyl sites for hydroxylation is 1. The fraction of sp³-hybridized carbons (Fsp3) is 0.308. The molecule has 0 aliphatic heterocycles. The van der Waals surface area contributed by atoms with Gasteiger partial charge < -0.3 is 10.1 Å². The lowest BCUT2D eigenvalue weighted by atomic mass is 10.2. The molecule has 5 heteroatoms. The van der Waals surface area contributed by atoms with Gasteiger partial charge in [0.1, 0.15) is 5.82 Å². The lowest BCUT2D eigenvalue weighted by Gasteiger charge is -1.96. The number of aromatic nitrogens is 3. The van der Waals surface area contributed by atoms with E-state index in [1.165, 1.54) is 0 Å². The number of H-pyrrole nitrogens is 1. The maximum Gasteiger partial charge on any atom is 0.307 e. The topological polar surface area (TPSA) is 78.9 Å². The zero-order chi connectivity index (χ0) is 12.7. The highest BCUT2D eigenvalue weighted by atomic mass is 16.4. The summed E-state index contributed by atoms with van der Waals surface area (Å²) in [5.41, 5.74) is 2.84. The molecule has 2 atom stereocenters. The van der Waals surface area contributed by atoms with Gasteiger partial charge in [0.15, 0.2) is 0 Å². The molecule has 2 aromatic heterocycles. The Morgan fingerprint density at radius 3 is 2.78 bits per heavy atom. The molecule has 1 aliphatic carbocycles. The first-order chi connectivity index (χ1) is 8.66. The summed E-state index contributed by atoms with van der Waals surface area (Å²) < 4.78 is 0. The molecule has 0 aromatic carbocycles. The highest BCUT2D eigenvalue weighted by Crippen LogP contribution is 2.46. The molecule has 2 unspecified atom stereocenters. The molecule has 2 heterocycles. The predicted octanol–water partition coefficient (Wildman–Crippen LogP) is 1.97. The second-order valence-electron chi connectivity index (χ2n) is 4.62. The smallest absolute Gasteiger partial charge is 0.307 e. The Morgan fingerprint density at radius 1 is 1.44 bits per heavy atom. The van der Waals surface area contributed by atoms with Crippen LogP contribution in [-0.2, 0) is 4.79 Å². The average Bonchev–Trinajstić information content (AvgIpc) is 3.08. The third kappa shape index (κ3) is 1.77. The number of hydrogen-bond acceptors (Lipinski definition) is 3. The second-order valence-corrected chi connectivity index (χ2v) is 4.62. The van der Waals surface area contributed by atoms with E-state index in [4.69, 9.17) is 5.11 Å². The van der Waals surface area contributed by atoms with E-state index < -0.39 is 5.97 Å². The van der Waals surface area contributed by atoms with Gasteiger partial charge in [-0.15, -0.1) is 0 Å². The molecule has 2 aromatic rings. The van der Waals surface area contributed by atoms with Gasteiger partial charge in [-0.2, -0.15) is 0 Å². The van der Waals surface area contributed by atoms with Crippen LogP contribution in [0, 0.1) is 12.8 Å². The van der Waals surface area contributed by atoms with Crippen molar-refractivity contribution in [1.82, 2.24) is 15.0 Å². The Kier molecular flexibility index (Phi) is 2.40. The van der Waals surface area contributed by atoms with Crippen molar-refractivity contribution < 1.29 is 9.90 Å². The molecule has 0 spiro atoms. The van der Waals surface area contributed by atoms with Gasteiger partial charge in [-0.25, -0.2) is 4.98 Å². The number of pyridine rings is 1. The Hall–Kier alpha value is -2.17. The molecular formula is C13H13N3O2. The predicted molar refractivity (Wildman–Crippen MR) is 65.0 cm³/mol. The number of aliphatic carboxylic acids is 1. The maximum absolute atomic E-state index is 10.9. The summed E-state index contributed by atoms with van der Waals surface area (Å²) in [6.07, 6.45) is 4.12. The van der Waals surface area contributed by atoms with E-state index >= 15 is 0 Å². The number of nitrogens with zero attached hydrogens (tertiary/aromatic N) is 2. The normalized spacial score (nSPS) is 21.8. The van der Waals surface area contributed by atoms with Crippen molar-refractivity contribution in [2.24, 2.45) is 5.92 Å². The standard InChI is InChI=1S/C13H13N3O2/c1-7-11(8-2-4-14-5-3-8)16-12(15-7)9-6-10(9)13(17)18/h2-5,9-10H,6H2,1H3,(H,15,16)(H,17,18). The Bertz CT molecular complexity index is 592. The van der Waals surface area contributed by atoms with Gasteiger partial charge in [0.05, 0.1) is 11.6 Å². The number of carboxylic acids is 1. The molecule has 0 amide bonds. The Balaban J connectivity index is 1.91. The third-order valence-electron chi connectivity index (χ3n) is 3.32. The SMILES string of the molecule is Cc1[nH]c(C2CC2C(=O)O)nc1-c1ccncc1. The first kappa shape index (κ1) is 11.0. The van der Waals surface area contributed by atoms with Crippen LogP contribution in [0.2, 0.25) is 0 Å².